The first kappa shape index (κ1) is 19.7. The first-order valence-corrected chi connectivity index (χ1v) is 8.50. The van der Waals surface area contributed by atoms with Crippen molar-refractivity contribution in [1.29, 1.82) is 0 Å². The number of carbonyl (C=O) groups excluding carboxylic acids is 4. The maximum absolute atomic E-state index is 12.1. The zero-order valence-corrected chi connectivity index (χ0v) is 15.3. The van der Waals surface area contributed by atoms with Crippen LogP contribution in [0.4, 0.5) is 10.5 Å². The average molecular weight is 382 g/mol. The van der Waals surface area contributed by atoms with Crippen molar-refractivity contribution in [2.75, 3.05) is 18.4 Å². The second-order valence-corrected chi connectivity index (χ2v) is 6.32. The van der Waals surface area contributed by atoms with Gasteiger partial charge in [-0.2, -0.15) is 0 Å². The van der Waals surface area contributed by atoms with Gasteiger partial charge in [0.25, 0.3) is 5.91 Å². The highest BCUT2D eigenvalue weighted by Gasteiger charge is 2.28. The number of nitrogens with one attached hydrogen (secondary N) is 2. The van der Waals surface area contributed by atoms with Gasteiger partial charge in [0.1, 0.15) is 0 Å². The molecule has 1 heterocycles. The molecular formula is C17H20ClN3O5. The van der Waals surface area contributed by atoms with Crippen molar-refractivity contribution in [2.45, 2.75) is 32.8 Å². The molecule has 0 saturated carbocycles. The van der Waals surface area contributed by atoms with E-state index in [1.54, 1.807) is 18.2 Å². The van der Waals surface area contributed by atoms with Gasteiger partial charge in [-0.15, -0.1) is 0 Å². The quantitative estimate of drug-likeness (QED) is 0.554. The molecule has 26 heavy (non-hydrogen) atoms. The molecule has 0 bridgehead atoms. The highest BCUT2D eigenvalue weighted by atomic mass is 35.5. The summed E-state index contributed by atoms with van der Waals surface area (Å²) >= 11 is 5.90. The summed E-state index contributed by atoms with van der Waals surface area (Å²) in [5, 5.41) is 5.54. The van der Waals surface area contributed by atoms with Crippen LogP contribution in [0, 0.1) is 6.92 Å². The van der Waals surface area contributed by atoms with Gasteiger partial charge in [-0.05, 0) is 38.0 Å². The Morgan fingerprint density at radius 1 is 1.38 bits per heavy atom. The second-order valence-electron chi connectivity index (χ2n) is 5.89. The summed E-state index contributed by atoms with van der Waals surface area (Å²) in [5.74, 6) is -1.38. The van der Waals surface area contributed by atoms with Crippen molar-refractivity contribution in [1.82, 2.24) is 10.2 Å². The van der Waals surface area contributed by atoms with Gasteiger partial charge in [-0.1, -0.05) is 17.7 Å². The third kappa shape index (κ3) is 5.19. The van der Waals surface area contributed by atoms with Crippen molar-refractivity contribution in [3.05, 3.63) is 28.8 Å². The van der Waals surface area contributed by atoms with Crippen LogP contribution in [0.15, 0.2) is 18.2 Å². The van der Waals surface area contributed by atoms with E-state index in [2.05, 4.69) is 10.6 Å². The molecular weight excluding hydrogens is 362 g/mol. The minimum atomic E-state index is -0.988. The molecule has 1 aliphatic heterocycles. The molecule has 8 nitrogen and oxygen atoms in total. The number of hydrogen-bond donors (Lipinski definition) is 2. The third-order valence-corrected chi connectivity index (χ3v) is 4.07. The maximum atomic E-state index is 12.1. The van der Waals surface area contributed by atoms with E-state index in [9.17, 15) is 19.2 Å². The molecule has 2 N–H and O–H groups in total. The second kappa shape index (κ2) is 8.66. The summed E-state index contributed by atoms with van der Waals surface area (Å²) in [5.41, 5.74) is 1.37. The van der Waals surface area contributed by atoms with E-state index < -0.39 is 24.0 Å². The fourth-order valence-electron chi connectivity index (χ4n) is 2.34. The van der Waals surface area contributed by atoms with Crippen LogP contribution in [0.5, 0.6) is 0 Å². The summed E-state index contributed by atoms with van der Waals surface area (Å²) in [6.45, 7) is 3.38. The molecule has 0 aromatic heterocycles. The normalized spacial score (nSPS) is 14.8. The molecule has 1 aromatic rings. The van der Waals surface area contributed by atoms with E-state index in [0.717, 1.165) is 10.5 Å². The standard InChI is InChI=1S/C17H20ClN3O5/c1-10-5-6-12(18)8-13(10)20-16(24)11(2)26-15(23)4-3-7-21-14(22)9-19-17(21)25/h5-6,8,11H,3-4,7,9H2,1-2H3,(H,19,25)(H,20,24)/t11-/m1/s1. The molecule has 1 aliphatic rings. The third-order valence-electron chi connectivity index (χ3n) is 3.83. The molecule has 0 unspecified atom stereocenters. The first-order valence-electron chi connectivity index (χ1n) is 8.12. The SMILES string of the molecule is Cc1ccc(Cl)cc1NC(=O)[C@@H](C)OC(=O)CCCN1C(=O)CNC1=O. The van der Waals surface area contributed by atoms with Gasteiger partial charge in [0.05, 0.1) is 6.54 Å². The Hall–Kier alpha value is -2.61. The molecule has 0 spiro atoms. The van der Waals surface area contributed by atoms with Crippen LogP contribution in [-0.4, -0.2) is 47.9 Å². The van der Waals surface area contributed by atoms with E-state index >= 15 is 0 Å². The number of esters is 1. The summed E-state index contributed by atoms with van der Waals surface area (Å²) < 4.78 is 5.08. The Kier molecular flexibility index (Phi) is 6.57. The van der Waals surface area contributed by atoms with Crippen LogP contribution in [0.2, 0.25) is 5.02 Å². The van der Waals surface area contributed by atoms with E-state index in [4.69, 9.17) is 16.3 Å². The number of amides is 4. The molecule has 1 atom stereocenters. The van der Waals surface area contributed by atoms with E-state index in [1.807, 2.05) is 6.92 Å². The fourth-order valence-corrected chi connectivity index (χ4v) is 2.51. The van der Waals surface area contributed by atoms with Crippen LogP contribution in [0.1, 0.15) is 25.3 Å². The lowest BCUT2D eigenvalue weighted by atomic mass is 10.2. The number of imide groups is 1. The van der Waals surface area contributed by atoms with Crippen molar-refractivity contribution in [3.8, 4) is 0 Å². The largest absolute Gasteiger partial charge is 0.453 e. The number of anilines is 1. The number of rotatable bonds is 7. The summed E-state index contributed by atoms with van der Waals surface area (Å²) in [4.78, 5) is 47.8. The molecule has 4 amide bonds. The Bertz CT molecular complexity index is 721. The Balaban J connectivity index is 1.77. The van der Waals surface area contributed by atoms with E-state index in [0.29, 0.717) is 10.7 Å². The van der Waals surface area contributed by atoms with Crippen LogP contribution >= 0.6 is 11.6 Å². The molecule has 2 rings (SSSR count). The van der Waals surface area contributed by atoms with Crippen LogP contribution < -0.4 is 10.6 Å². The average Bonchev–Trinajstić information content (AvgIpc) is 2.90. The predicted octanol–water partition coefficient (Wildman–Crippen LogP) is 1.85. The van der Waals surface area contributed by atoms with Crippen LogP contribution in [0.3, 0.4) is 0 Å². The van der Waals surface area contributed by atoms with E-state index in [-0.39, 0.29) is 31.8 Å². The molecule has 1 saturated heterocycles. The van der Waals surface area contributed by atoms with Gasteiger partial charge in [-0.25, -0.2) is 4.79 Å². The number of urea groups is 1. The van der Waals surface area contributed by atoms with Gasteiger partial charge in [0, 0.05) is 23.7 Å². The zero-order valence-electron chi connectivity index (χ0n) is 14.5. The highest BCUT2D eigenvalue weighted by molar-refractivity contribution is 6.31. The predicted molar refractivity (Wildman–Crippen MR) is 94.7 cm³/mol. The van der Waals surface area contributed by atoms with Crippen molar-refractivity contribution >= 4 is 41.1 Å². The fraction of sp³-hybridized carbons (Fsp3) is 0.412. The van der Waals surface area contributed by atoms with Gasteiger partial charge in [0.2, 0.25) is 5.91 Å². The molecule has 1 fully saturated rings. The number of hydrogen-bond acceptors (Lipinski definition) is 5. The topological polar surface area (TPSA) is 105 Å². The number of nitrogens with zero attached hydrogens (tertiary/aromatic N) is 1. The number of ether oxygens (including phenoxy) is 1. The summed E-state index contributed by atoms with van der Waals surface area (Å²) in [6, 6.07) is 4.63. The lowest BCUT2D eigenvalue weighted by Crippen LogP contribution is -2.33. The Labute approximate surface area is 155 Å². The van der Waals surface area contributed by atoms with Gasteiger partial charge in [-0.3, -0.25) is 19.3 Å². The number of aryl methyl sites for hydroxylation is 1. The molecule has 0 radical (unpaired) electrons. The van der Waals surface area contributed by atoms with Gasteiger partial charge in [0.15, 0.2) is 6.10 Å². The molecule has 9 heteroatoms. The molecule has 0 aliphatic carbocycles. The maximum Gasteiger partial charge on any atom is 0.324 e. The summed E-state index contributed by atoms with van der Waals surface area (Å²) in [6.07, 6.45) is -0.734. The zero-order chi connectivity index (χ0) is 19.3. The lowest BCUT2D eigenvalue weighted by Gasteiger charge is -2.15. The molecule has 140 valence electrons. The Morgan fingerprint density at radius 3 is 2.77 bits per heavy atom. The van der Waals surface area contributed by atoms with Crippen LogP contribution in [-0.2, 0) is 19.1 Å². The van der Waals surface area contributed by atoms with Crippen molar-refractivity contribution < 1.29 is 23.9 Å². The minimum absolute atomic E-state index is 0.00905. The number of carbonyl (C=O) groups is 4. The van der Waals surface area contributed by atoms with Crippen LogP contribution in [0.25, 0.3) is 0 Å². The van der Waals surface area contributed by atoms with E-state index in [1.165, 1.54) is 6.92 Å². The monoisotopic (exact) mass is 381 g/mol. The number of halogens is 1. The molecule has 1 aromatic carbocycles. The first-order chi connectivity index (χ1) is 12.3. The smallest absolute Gasteiger partial charge is 0.324 e. The Morgan fingerprint density at radius 2 is 2.12 bits per heavy atom. The minimum Gasteiger partial charge on any atom is -0.453 e. The number of benzene rings is 1. The highest BCUT2D eigenvalue weighted by Crippen LogP contribution is 2.20. The summed E-state index contributed by atoms with van der Waals surface area (Å²) in [7, 11) is 0. The van der Waals surface area contributed by atoms with Gasteiger partial charge < -0.3 is 15.4 Å². The van der Waals surface area contributed by atoms with Gasteiger partial charge >= 0.3 is 12.0 Å². The lowest BCUT2D eigenvalue weighted by molar-refractivity contribution is -0.153. The van der Waals surface area contributed by atoms with Crippen molar-refractivity contribution in [2.24, 2.45) is 0 Å². The van der Waals surface area contributed by atoms with Crippen molar-refractivity contribution in [3.63, 3.8) is 0 Å².